The van der Waals surface area contributed by atoms with Crippen molar-refractivity contribution in [1.82, 2.24) is 0 Å². The van der Waals surface area contributed by atoms with Gasteiger partial charge in [0.15, 0.2) is 0 Å². The fourth-order valence-electron chi connectivity index (χ4n) is 0.134. The van der Waals surface area contributed by atoms with Crippen LogP contribution in [0, 0.1) is 0 Å². The van der Waals surface area contributed by atoms with Gasteiger partial charge in [0.05, 0.1) is 0 Å². The van der Waals surface area contributed by atoms with Gasteiger partial charge in [0.1, 0.15) is 0 Å². The lowest BCUT2D eigenvalue weighted by Crippen LogP contribution is -1.76. The van der Waals surface area contributed by atoms with Crippen LogP contribution in [-0.4, -0.2) is 11.0 Å². The SMILES string of the molecule is C=CC[S-](=O)=NO. The molecule has 0 aliphatic carbocycles. The standard InChI is InChI=1S/C3H6NO2S/c1-2-3-7(6)4-5/h2,5H,1,3H2/q-1. The van der Waals surface area contributed by atoms with E-state index in [0.717, 1.165) is 0 Å². The largest absolute Gasteiger partial charge is 0.442 e. The van der Waals surface area contributed by atoms with Crippen LogP contribution >= 0.6 is 0 Å². The molecule has 4 heteroatoms. The van der Waals surface area contributed by atoms with Gasteiger partial charge in [-0.05, 0) is 0 Å². The maximum Gasteiger partial charge on any atom is -0.0698 e. The number of nitrogens with zero attached hydrogens (tertiary/aromatic N) is 1. The molecule has 0 aromatic rings. The molecular weight excluding hydrogens is 114 g/mol. The molecule has 0 radical (unpaired) electrons. The molecule has 0 aromatic carbocycles. The van der Waals surface area contributed by atoms with E-state index < -0.39 is 10.6 Å². The zero-order valence-corrected chi connectivity index (χ0v) is 4.52. The Morgan fingerprint density at radius 1 is 2.00 bits per heavy atom. The molecule has 0 rings (SSSR count). The molecule has 0 saturated heterocycles. The lowest BCUT2D eigenvalue weighted by molar-refractivity contribution is 0.325. The molecule has 7 heavy (non-hydrogen) atoms. The highest BCUT2D eigenvalue weighted by Gasteiger charge is 1.57. The maximum absolute atomic E-state index is 10.0. The van der Waals surface area contributed by atoms with E-state index in [9.17, 15) is 4.21 Å². The smallest absolute Gasteiger partial charge is 0.0698 e. The van der Waals surface area contributed by atoms with Gasteiger partial charge in [0, 0.05) is 0 Å². The molecule has 42 valence electrons. The maximum atomic E-state index is 10.0. The average Bonchev–Trinajstić information content (AvgIpc) is 1.68. The number of hydrogen-bond acceptors (Lipinski definition) is 3. The molecule has 0 heterocycles. The van der Waals surface area contributed by atoms with E-state index >= 15 is 0 Å². The summed E-state index contributed by atoms with van der Waals surface area (Å²) in [6.07, 6.45) is 1.43. The molecule has 0 aliphatic rings. The second-order valence-corrected chi connectivity index (χ2v) is 2.00. The predicted octanol–water partition coefficient (Wildman–Crippen LogP) is 0.709. The highest BCUT2D eigenvalue weighted by atomic mass is 32.2. The summed E-state index contributed by atoms with van der Waals surface area (Å²) in [4.78, 5) is 0. The van der Waals surface area contributed by atoms with Crippen LogP contribution in [0.2, 0.25) is 0 Å². The van der Waals surface area contributed by atoms with Crippen molar-refractivity contribution in [2.75, 3.05) is 5.75 Å². The van der Waals surface area contributed by atoms with Gasteiger partial charge in [-0.15, -0.1) is 12.7 Å². The van der Waals surface area contributed by atoms with Crippen LogP contribution in [0.5, 0.6) is 0 Å². The molecule has 0 saturated carbocycles. The van der Waals surface area contributed by atoms with Gasteiger partial charge >= 0.3 is 0 Å². The lowest BCUT2D eigenvalue weighted by Gasteiger charge is -1.88. The Kier molecular flexibility index (Phi) is 3.64. The quantitative estimate of drug-likeness (QED) is 0.331. The summed E-state index contributed by atoms with van der Waals surface area (Å²) in [5.41, 5.74) is 0. The Hall–Kier alpha value is -0.350. The van der Waals surface area contributed by atoms with E-state index in [1.165, 1.54) is 6.08 Å². The second-order valence-electron chi connectivity index (χ2n) is 0.858. The van der Waals surface area contributed by atoms with Crippen molar-refractivity contribution < 1.29 is 9.42 Å². The van der Waals surface area contributed by atoms with E-state index in [2.05, 4.69) is 11.1 Å². The van der Waals surface area contributed by atoms with Crippen LogP contribution in [0.4, 0.5) is 0 Å². The Labute approximate surface area is 43.8 Å². The molecule has 0 aromatic heterocycles. The third-order valence-electron chi connectivity index (χ3n) is 0.351. The summed E-state index contributed by atoms with van der Waals surface area (Å²) in [7, 11) is -1.46. The van der Waals surface area contributed by atoms with Crippen molar-refractivity contribution >= 4 is 10.6 Å². The van der Waals surface area contributed by atoms with Crippen LogP contribution < -0.4 is 0 Å². The molecule has 0 bridgehead atoms. The monoisotopic (exact) mass is 120 g/mol. The third kappa shape index (κ3) is 3.48. The van der Waals surface area contributed by atoms with E-state index in [0.29, 0.717) is 0 Å². The van der Waals surface area contributed by atoms with Gasteiger partial charge in [-0.1, -0.05) is 5.75 Å². The van der Waals surface area contributed by atoms with Crippen LogP contribution in [0.15, 0.2) is 17.2 Å². The highest BCUT2D eigenvalue weighted by Crippen LogP contribution is 1.70. The fourth-order valence-corrected chi connectivity index (χ4v) is 0.402. The van der Waals surface area contributed by atoms with Crippen molar-refractivity contribution in [2.45, 2.75) is 0 Å². The lowest BCUT2D eigenvalue weighted by atomic mass is 10.8. The Bertz CT molecular complexity index is 125. The van der Waals surface area contributed by atoms with Gasteiger partial charge in [0.2, 0.25) is 0 Å². The van der Waals surface area contributed by atoms with Gasteiger partial charge in [-0.2, -0.15) is 10.6 Å². The summed E-state index contributed by atoms with van der Waals surface area (Å²) in [5.74, 6) is 0.219. The number of rotatable bonds is 2. The normalized spacial score (nSPS) is 13.9. The molecule has 0 fully saturated rings. The van der Waals surface area contributed by atoms with Crippen molar-refractivity contribution in [3.63, 3.8) is 0 Å². The topological polar surface area (TPSA) is 49.7 Å². The number of hydrogen-bond donors (Lipinski definition) is 1. The zero-order valence-electron chi connectivity index (χ0n) is 3.70. The minimum atomic E-state index is -1.46. The van der Waals surface area contributed by atoms with Crippen LogP contribution in [0.1, 0.15) is 0 Å². The van der Waals surface area contributed by atoms with E-state index in [-0.39, 0.29) is 5.75 Å². The van der Waals surface area contributed by atoms with Crippen LogP contribution in [0.3, 0.4) is 0 Å². The first kappa shape index (κ1) is 6.65. The molecule has 0 spiro atoms. The molecule has 1 N–H and O–H groups in total. The van der Waals surface area contributed by atoms with E-state index in [1.807, 2.05) is 0 Å². The van der Waals surface area contributed by atoms with E-state index in [4.69, 9.17) is 5.21 Å². The Balaban J connectivity index is 3.59. The first-order chi connectivity index (χ1) is 3.31. The summed E-state index contributed by atoms with van der Waals surface area (Å²) < 4.78 is 12.5. The first-order valence-electron chi connectivity index (χ1n) is 1.65. The minimum Gasteiger partial charge on any atom is -0.442 e. The Morgan fingerprint density at radius 2 is 2.57 bits per heavy atom. The molecular formula is C3H6NO2S-. The summed E-state index contributed by atoms with van der Waals surface area (Å²) >= 11 is 0. The van der Waals surface area contributed by atoms with Gasteiger partial charge < -0.3 is 4.21 Å². The molecule has 3 nitrogen and oxygen atoms in total. The van der Waals surface area contributed by atoms with Crippen molar-refractivity contribution in [3.8, 4) is 0 Å². The van der Waals surface area contributed by atoms with E-state index in [1.54, 1.807) is 0 Å². The highest BCUT2D eigenvalue weighted by molar-refractivity contribution is 7.74. The summed E-state index contributed by atoms with van der Waals surface area (Å²) in [6, 6.07) is 0. The summed E-state index contributed by atoms with van der Waals surface area (Å²) in [5, 5.41) is 7.74. The molecule has 0 amide bonds. The van der Waals surface area contributed by atoms with Gasteiger partial charge in [-0.3, -0.25) is 9.73 Å². The zero-order chi connectivity index (χ0) is 5.70. The molecule has 0 atom stereocenters. The van der Waals surface area contributed by atoms with Gasteiger partial charge in [0.25, 0.3) is 0 Å². The average molecular weight is 120 g/mol. The first-order valence-corrected chi connectivity index (χ1v) is 2.93. The van der Waals surface area contributed by atoms with Crippen molar-refractivity contribution in [3.05, 3.63) is 12.7 Å². The van der Waals surface area contributed by atoms with Crippen molar-refractivity contribution in [2.24, 2.45) is 4.53 Å². The molecule has 0 unspecified atom stereocenters. The molecule has 0 aliphatic heterocycles. The predicted molar refractivity (Wildman–Crippen MR) is 27.3 cm³/mol. The fraction of sp³-hybridized carbons (Fsp3) is 0.333. The second kappa shape index (κ2) is 3.83. The van der Waals surface area contributed by atoms with Crippen LogP contribution in [-0.2, 0) is 14.8 Å². The van der Waals surface area contributed by atoms with Crippen molar-refractivity contribution in [1.29, 1.82) is 0 Å². The Morgan fingerprint density at radius 3 is 2.71 bits per heavy atom. The van der Waals surface area contributed by atoms with Gasteiger partial charge in [-0.25, -0.2) is 0 Å². The minimum absolute atomic E-state index is 0.219. The van der Waals surface area contributed by atoms with Crippen LogP contribution in [0.25, 0.3) is 0 Å². The third-order valence-corrected chi connectivity index (χ3v) is 1.05. The summed E-state index contributed by atoms with van der Waals surface area (Å²) in [6.45, 7) is 3.28.